The van der Waals surface area contributed by atoms with E-state index in [1.54, 1.807) is 12.1 Å². The van der Waals surface area contributed by atoms with Crippen molar-refractivity contribution in [1.82, 2.24) is 0 Å². The summed E-state index contributed by atoms with van der Waals surface area (Å²) >= 11 is 0. The van der Waals surface area contributed by atoms with Gasteiger partial charge in [0.25, 0.3) is 0 Å². The van der Waals surface area contributed by atoms with Crippen LogP contribution in [0, 0.1) is 13.8 Å². The summed E-state index contributed by atoms with van der Waals surface area (Å²) in [4.78, 5) is 0. The van der Waals surface area contributed by atoms with Gasteiger partial charge in [-0.3, -0.25) is 0 Å². The summed E-state index contributed by atoms with van der Waals surface area (Å²) in [6.45, 7) is 3.93. The van der Waals surface area contributed by atoms with Crippen molar-refractivity contribution < 1.29 is 9.67 Å². The second-order valence-corrected chi connectivity index (χ2v) is 2.56. The van der Waals surface area contributed by atoms with Gasteiger partial charge in [0, 0.05) is 26.0 Å². The first-order valence-corrected chi connectivity index (χ1v) is 3.27. The second kappa shape index (κ2) is 2.29. The molecule has 1 aromatic rings. The van der Waals surface area contributed by atoms with Gasteiger partial charge < -0.3 is 5.11 Å². The smallest absolute Gasteiger partial charge is 0.181 e. The van der Waals surface area contributed by atoms with E-state index in [0.29, 0.717) is 5.75 Å². The third-order valence-corrected chi connectivity index (χ3v) is 1.77. The zero-order valence-electron chi connectivity index (χ0n) is 6.55. The maximum atomic E-state index is 9.10. The fourth-order valence-electron chi connectivity index (χ4n) is 0.942. The highest BCUT2D eigenvalue weighted by Crippen LogP contribution is 2.08. The summed E-state index contributed by atoms with van der Waals surface area (Å²) in [6, 6.07) is 3.49. The molecular weight excluding hydrogens is 126 g/mol. The monoisotopic (exact) mass is 138 g/mol. The standard InChI is InChI=1S/C8H11NO/c1-6-4-8(10)5-7(2)9(6)3/h4-5H,1-3H3/p+1. The van der Waals surface area contributed by atoms with Crippen molar-refractivity contribution in [2.75, 3.05) is 0 Å². The molecule has 0 unspecified atom stereocenters. The van der Waals surface area contributed by atoms with Gasteiger partial charge in [-0.15, -0.1) is 0 Å². The number of pyridine rings is 1. The Hall–Kier alpha value is -1.05. The lowest BCUT2D eigenvalue weighted by Crippen LogP contribution is -2.34. The van der Waals surface area contributed by atoms with Gasteiger partial charge in [-0.05, 0) is 0 Å². The molecule has 0 aliphatic carbocycles. The van der Waals surface area contributed by atoms with E-state index < -0.39 is 0 Å². The highest BCUT2D eigenvalue weighted by Gasteiger charge is 2.05. The molecule has 1 N–H and O–H groups in total. The Morgan fingerprint density at radius 2 is 1.60 bits per heavy atom. The summed E-state index contributed by atoms with van der Waals surface area (Å²) in [6.07, 6.45) is 0. The van der Waals surface area contributed by atoms with Crippen LogP contribution in [-0.2, 0) is 7.05 Å². The van der Waals surface area contributed by atoms with Crippen molar-refractivity contribution in [3.63, 3.8) is 0 Å². The Kier molecular flexibility index (Phi) is 1.62. The molecule has 0 aromatic carbocycles. The Bertz CT molecular complexity index is 232. The number of rotatable bonds is 0. The molecule has 54 valence electrons. The number of aryl methyl sites for hydroxylation is 2. The van der Waals surface area contributed by atoms with Crippen LogP contribution >= 0.6 is 0 Å². The van der Waals surface area contributed by atoms with Crippen LogP contribution in [0.15, 0.2) is 12.1 Å². The number of hydrogen-bond donors (Lipinski definition) is 1. The minimum atomic E-state index is 0.341. The van der Waals surface area contributed by atoms with E-state index in [2.05, 4.69) is 0 Å². The third kappa shape index (κ3) is 1.10. The van der Waals surface area contributed by atoms with Crippen LogP contribution in [0.3, 0.4) is 0 Å². The molecule has 0 atom stereocenters. The molecule has 1 rings (SSSR count). The van der Waals surface area contributed by atoms with E-state index in [1.807, 2.05) is 25.5 Å². The normalized spacial score (nSPS) is 9.90. The van der Waals surface area contributed by atoms with Gasteiger partial charge in [0.1, 0.15) is 12.8 Å². The van der Waals surface area contributed by atoms with Crippen molar-refractivity contribution in [2.24, 2.45) is 7.05 Å². The molecule has 2 heteroatoms. The largest absolute Gasteiger partial charge is 0.507 e. The van der Waals surface area contributed by atoms with Crippen LogP contribution in [0.2, 0.25) is 0 Å². The molecule has 0 bridgehead atoms. The first-order chi connectivity index (χ1) is 4.61. The minimum absolute atomic E-state index is 0.341. The van der Waals surface area contributed by atoms with E-state index in [4.69, 9.17) is 5.11 Å². The van der Waals surface area contributed by atoms with Crippen LogP contribution in [0.5, 0.6) is 5.75 Å². The van der Waals surface area contributed by atoms with Crippen LogP contribution < -0.4 is 4.57 Å². The van der Waals surface area contributed by atoms with E-state index in [1.165, 1.54) is 0 Å². The average Bonchev–Trinajstić information content (AvgIpc) is 1.82. The lowest BCUT2D eigenvalue weighted by molar-refractivity contribution is -0.683. The highest BCUT2D eigenvalue weighted by molar-refractivity contribution is 5.20. The van der Waals surface area contributed by atoms with E-state index in [-0.39, 0.29) is 0 Å². The predicted octanol–water partition coefficient (Wildman–Crippen LogP) is 0.834. The quantitative estimate of drug-likeness (QED) is 0.528. The third-order valence-electron chi connectivity index (χ3n) is 1.77. The summed E-state index contributed by atoms with van der Waals surface area (Å²) in [7, 11) is 1.98. The fourth-order valence-corrected chi connectivity index (χ4v) is 0.942. The lowest BCUT2D eigenvalue weighted by Gasteiger charge is -1.97. The molecule has 0 aliphatic heterocycles. The van der Waals surface area contributed by atoms with Crippen molar-refractivity contribution in [3.8, 4) is 5.75 Å². The molecule has 0 aliphatic rings. The summed E-state index contributed by atoms with van der Waals surface area (Å²) < 4.78 is 2.03. The van der Waals surface area contributed by atoms with E-state index in [0.717, 1.165) is 11.4 Å². The summed E-state index contributed by atoms with van der Waals surface area (Å²) in [5, 5.41) is 9.10. The van der Waals surface area contributed by atoms with Crippen LogP contribution in [-0.4, -0.2) is 5.11 Å². The van der Waals surface area contributed by atoms with Crippen LogP contribution in [0.4, 0.5) is 0 Å². The van der Waals surface area contributed by atoms with Crippen LogP contribution in [0.1, 0.15) is 11.4 Å². The van der Waals surface area contributed by atoms with Gasteiger partial charge >= 0.3 is 0 Å². The van der Waals surface area contributed by atoms with E-state index >= 15 is 0 Å². The Labute approximate surface area is 60.8 Å². The first-order valence-electron chi connectivity index (χ1n) is 3.27. The number of nitrogens with zero attached hydrogens (tertiary/aromatic N) is 1. The molecule has 0 saturated heterocycles. The molecule has 2 nitrogen and oxygen atoms in total. The average molecular weight is 138 g/mol. The predicted molar refractivity (Wildman–Crippen MR) is 38.8 cm³/mol. The molecule has 0 saturated carbocycles. The number of aromatic hydroxyl groups is 1. The van der Waals surface area contributed by atoms with Gasteiger partial charge in [0.2, 0.25) is 0 Å². The van der Waals surface area contributed by atoms with E-state index in [9.17, 15) is 0 Å². The maximum absolute atomic E-state index is 9.10. The number of aromatic nitrogens is 1. The molecule has 10 heavy (non-hydrogen) atoms. The van der Waals surface area contributed by atoms with Crippen molar-refractivity contribution in [3.05, 3.63) is 23.5 Å². The van der Waals surface area contributed by atoms with Crippen molar-refractivity contribution >= 4 is 0 Å². The maximum Gasteiger partial charge on any atom is 0.181 e. The molecular formula is C8H12NO+. The first kappa shape index (κ1) is 7.06. The molecule has 0 spiro atoms. The fraction of sp³-hybridized carbons (Fsp3) is 0.375. The molecule has 1 heterocycles. The molecule has 0 amide bonds. The van der Waals surface area contributed by atoms with Gasteiger partial charge in [-0.1, -0.05) is 0 Å². The summed E-state index contributed by atoms with van der Waals surface area (Å²) in [5.74, 6) is 0.341. The Morgan fingerprint density at radius 1 is 1.20 bits per heavy atom. The Morgan fingerprint density at radius 3 is 2.00 bits per heavy atom. The zero-order valence-corrected chi connectivity index (χ0v) is 6.55. The van der Waals surface area contributed by atoms with Gasteiger partial charge in [0.05, 0.1) is 0 Å². The van der Waals surface area contributed by atoms with Crippen LogP contribution in [0.25, 0.3) is 0 Å². The SMILES string of the molecule is Cc1cc(O)cc(C)[n+]1C. The van der Waals surface area contributed by atoms with Crippen molar-refractivity contribution in [1.29, 1.82) is 0 Å². The topological polar surface area (TPSA) is 24.1 Å². The molecule has 1 aromatic heterocycles. The molecule has 0 fully saturated rings. The molecule has 0 radical (unpaired) electrons. The van der Waals surface area contributed by atoms with Gasteiger partial charge in [-0.25, -0.2) is 4.57 Å². The van der Waals surface area contributed by atoms with Gasteiger partial charge in [0.15, 0.2) is 11.4 Å². The highest BCUT2D eigenvalue weighted by atomic mass is 16.3. The van der Waals surface area contributed by atoms with Gasteiger partial charge in [-0.2, -0.15) is 0 Å². The number of hydrogen-bond acceptors (Lipinski definition) is 1. The lowest BCUT2D eigenvalue weighted by atomic mass is 10.3. The minimum Gasteiger partial charge on any atom is -0.507 e. The summed E-state index contributed by atoms with van der Waals surface area (Å²) in [5.41, 5.74) is 2.13. The second-order valence-electron chi connectivity index (χ2n) is 2.56. The zero-order chi connectivity index (χ0) is 7.72. The Balaban J connectivity index is 3.31. The van der Waals surface area contributed by atoms with Crippen molar-refractivity contribution in [2.45, 2.75) is 13.8 Å².